The van der Waals surface area contributed by atoms with Crippen molar-refractivity contribution in [3.63, 3.8) is 0 Å². The highest BCUT2D eigenvalue weighted by Crippen LogP contribution is 2.38. The number of aryl methyl sites for hydroxylation is 4. The average molecular weight is 359 g/mol. The predicted octanol–water partition coefficient (Wildman–Crippen LogP) is 5.87. The fraction of sp³-hybridized carbons (Fsp3) is 0.292. The van der Waals surface area contributed by atoms with Crippen LogP contribution in [0.5, 0.6) is 0 Å². The van der Waals surface area contributed by atoms with E-state index in [1.54, 1.807) is 0 Å². The Kier molecular flexibility index (Phi) is 4.61. The van der Waals surface area contributed by atoms with Gasteiger partial charge in [-0.3, -0.25) is 4.79 Å². The number of amides is 1. The van der Waals surface area contributed by atoms with E-state index in [-0.39, 0.29) is 5.91 Å². The highest BCUT2D eigenvalue weighted by Gasteiger charge is 2.23. The molecule has 0 spiro atoms. The standard InChI is InChI=1S/C24H25NO2/c1-4-17-14-18(23-16(3)27-22-11-7-10-20(22)23)12-13-21(17)25-24(26)19-9-6-5-8-15(19)2/h5-6,8-9,12-14H,4,7,10-11H2,1-3H3,(H,25,26). The van der Waals surface area contributed by atoms with Crippen molar-refractivity contribution in [3.05, 3.63) is 76.2 Å². The van der Waals surface area contributed by atoms with E-state index in [9.17, 15) is 4.79 Å². The van der Waals surface area contributed by atoms with Gasteiger partial charge in [-0.05, 0) is 68.0 Å². The SMILES string of the molecule is CCc1cc(-c2c(C)oc3c2CCC3)ccc1NC(=O)c1ccccc1C. The summed E-state index contributed by atoms with van der Waals surface area (Å²) in [5.74, 6) is 2.09. The summed E-state index contributed by atoms with van der Waals surface area (Å²) in [6.07, 6.45) is 4.17. The van der Waals surface area contributed by atoms with E-state index in [4.69, 9.17) is 4.42 Å². The Hall–Kier alpha value is -2.81. The first-order valence-electron chi connectivity index (χ1n) is 9.70. The van der Waals surface area contributed by atoms with Crippen molar-refractivity contribution in [1.82, 2.24) is 0 Å². The van der Waals surface area contributed by atoms with Crippen LogP contribution in [0.2, 0.25) is 0 Å². The third-order valence-corrected chi connectivity index (χ3v) is 5.51. The molecule has 0 atom stereocenters. The summed E-state index contributed by atoms with van der Waals surface area (Å²) in [5, 5.41) is 3.10. The third kappa shape index (κ3) is 3.18. The molecule has 27 heavy (non-hydrogen) atoms. The lowest BCUT2D eigenvalue weighted by Gasteiger charge is -2.13. The summed E-state index contributed by atoms with van der Waals surface area (Å²) in [7, 11) is 0. The van der Waals surface area contributed by atoms with Gasteiger partial charge in [0.1, 0.15) is 11.5 Å². The van der Waals surface area contributed by atoms with Crippen LogP contribution < -0.4 is 5.32 Å². The van der Waals surface area contributed by atoms with Gasteiger partial charge in [-0.1, -0.05) is 31.2 Å². The Balaban J connectivity index is 1.67. The largest absolute Gasteiger partial charge is 0.465 e. The lowest BCUT2D eigenvalue weighted by atomic mass is 9.97. The van der Waals surface area contributed by atoms with Gasteiger partial charge in [0, 0.05) is 28.8 Å². The summed E-state index contributed by atoms with van der Waals surface area (Å²) in [4.78, 5) is 12.7. The molecule has 1 N–H and O–H groups in total. The summed E-state index contributed by atoms with van der Waals surface area (Å²) in [5.41, 5.74) is 7.51. The molecule has 0 saturated heterocycles. The minimum Gasteiger partial charge on any atom is -0.465 e. The molecule has 0 radical (unpaired) electrons. The van der Waals surface area contributed by atoms with E-state index in [0.717, 1.165) is 47.6 Å². The third-order valence-electron chi connectivity index (χ3n) is 5.51. The first kappa shape index (κ1) is 17.6. The smallest absolute Gasteiger partial charge is 0.255 e. The lowest BCUT2D eigenvalue weighted by molar-refractivity contribution is 0.102. The van der Waals surface area contributed by atoms with Gasteiger partial charge in [-0.15, -0.1) is 0 Å². The summed E-state index contributed by atoms with van der Waals surface area (Å²) < 4.78 is 5.98. The lowest BCUT2D eigenvalue weighted by Crippen LogP contribution is -2.14. The Bertz CT molecular complexity index is 1010. The number of fused-ring (bicyclic) bond motifs is 1. The molecule has 0 fully saturated rings. The average Bonchev–Trinajstić information content (AvgIpc) is 3.22. The zero-order chi connectivity index (χ0) is 19.0. The molecule has 0 bridgehead atoms. The zero-order valence-corrected chi connectivity index (χ0v) is 16.2. The second-order valence-corrected chi connectivity index (χ2v) is 7.28. The van der Waals surface area contributed by atoms with Crippen molar-refractivity contribution in [3.8, 4) is 11.1 Å². The first-order valence-corrected chi connectivity index (χ1v) is 9.70. The number of nitrogens with one attached hydrogen (secondary N) is 1. The van der Waals surface area contributed by atoms with Gasteiger partial charge in [0.2, 0.25) is 0 Å². The van der Waals surface area contributed by atoms with E-state index in [1.165, 1.54) is 23.1 Å². The van der Waals surface area contributed by atoms with Crippen molar-refractivity contribution >= 4 is 11.6 Å². The van der Waals surface area contributed by atoms with Gasteiger partial charge in [0.15, 0.2) is 0 Å². The molecule has 1 amide bonds. The summed E-state index contributed by atoms with van der Waals surface area (Å²) >= 11 is 0. The summed E-state index contributed by atoms with van der Waals surface area (Å²) in [6, 6.07) is 14.0. The second kappa shape index (κ2) is 7.07. The molecule has 1 heterocycles. The van der Waals surface area contributed by atoms with E-state index in [1.807, 2.05) is 44.2 Å². The molecule has 1 aliphatic carbocycles. The van der Waals surface area contributed by atoms with Crippen LogP contribution in [0.15, 0.2) is 46.9 Å². The zero-order valence-electron chi connectivity index (χ0n) is 16.2. The van der Waals surface area contributed by atoms with Gasteiger partial charge in [0.25, 0.3) is 5.91 Å². The maximum atomic E-state index is 12.7. The number of carbonyl (C=O) groups excluding carboxylic acids is 1. The van der Waals surface area contributed by atoms with Crippen molar-refractivity contribution in [1.29, 1.82) is 0 Å². The maximum absolute atomic E-state index is 12.7. The predicted molar refractivity (Wildman–Crippen MR) is 109 cm³/mol. The van der Waals surface area contributed by atoms with Crippen molar-refractivity contribution in [2.75, 3.05) is 5.32 Å². The number of hydrogen-bond acceptors (Lipinski definition) is 2. The number of benzene rings is 2. The molecule has 3 aromatic rings. The van der Waals surface area contributed by atoms with Gasteiger partial charge in [0.05, 0.1) is 0 Å². The van der Waals surface area contributed by atoms with E-state index in [0.29, 0.717) is 5.56 Å². The van der Waals surface area contributed by atoms with Crippen molar-refractivity contribution in [2.45, 2.75) is 46.5 Å². The summed E-state index contributed by atoms with van der Waals surface area (Å²) in [6.45, 7) is 6.13. The van der Waals surface area contributed by atoms with Gasteiger partial charge < -0.3 is 9.73 Å². The Morgan fingerprint density at radius 3 is 2.70 bits per heavy atom. The molecule has 138 valence electrons. The molecule has 0 aliphatic heterocycles. The highest BCUT2D eigenvalue weighted by molar-refractivity contribution is 6.05. The van der Waals surface area contributed by atoms with E-state index in [2.05, 4.69) is 24.4 Å². The van der Waals surface area contributed by atoms with Crippen LogP contribution in [-0.4, -0.2) is 5.91 Å². The minimum absolute atomic E-state index is 0.0593. The molecule has 1 aliphatic rings. The van der Waals surface area contributed by atoms with Crippen LogP contribution in [0.1, 0.15) is 51.9 Å². The fourth-order valence-corrected chi connectivity index (χ4v) is 4.10. The normalized spacial score (nSPS) is 12.9. The quantitative estimate of drug-likeness (QED) is 0.633. The number of hydrogen-bond donors (Lipinski definition) is 1. The van der Waals surface area contributed by atoms with Gasteiger partial charge in [-0.2, -0.15) is 0 Å². The van der Waals surface area contributed by atoms with Crippen molar-refractivity contribution in [2.24, 2.45) is 0 Å². The second-order valence-electron chi connectivity index (χ2n) is 7.28. The molecule has 3 heteroatoms. The topological polar surface area (TPSA) is 42.2 Å². The molecule has 0 unspecified atom stereocenters. The van der Waals surface area contributed by atoms with Crippen LogP contribution >= 0.6 is 0 Å². The minimum atomic E-state index is -0.0593. The molecule has 0 saturated carbocycles. The number of rotatable bonds is 4. The molecule has 3 nitrogen and oxygen atoms in total. The molecule has 2 aromatic carbocycles. The van der Waals surface area contributed by atoms with Crippen LogP contribution in [-0.2, 0) is 19.3 Å². The van der Waals surface area contributed by atoms with Gasteiger partial charge >= 0.3 is 0 Å². The molecular formula is C24H25NO2. The number of anilines is 1. The highest BCUT2D eigenvalue weighted by atomic mass is 16.3. The van der Waals surface area contributed by atoms with E-state index < -0.39 is 0 Å². The van der Waals surface area contributed by atoms with Crippen molar-refractivity contribution < 1.29 is 9.21 Å². The fourth-order valence-electron chi connectivity index (χ4n) is 4.10. The Morgan fingerprint density at radius 2 is 1.93 bits per heavy atom. The Morgan fingerprint density at radius 1 is 1.11 bits per heavy atom. The van der Waals surface area contributed by atoms with Crippen LogP contribution in [0.4, 0.5) is 5.69 Å². The van der Waals surface area contributed by atoms with E-state index >= 15 is 0 Å². The number of furan rings is 1. The monoisotopic (exact) mass is 359 g/mol. The van der Waals surface area contributed by atoms with Crippen LogP contribution in [0, 0.1) is 13.8 Å². The number of carbonyl (C=O) groups is 1. The van der Waals surface area contributed by atoms with Crippen LogP contribution in [0.3, 0.4) is 0 Å². The maximum Gasteiger partial charge on any atom is 0.255 e. The molecule has 1 aromatic heterocycles. The van der Waals surface area contributed by atoms with Gasteiger partial charge in [-0.25, -0.2) is 0 Å². The molecular weight excluding hydrogens is 334 g/mol. The first-order chi connectivity index (χ1) is 13.1. The Labute approximate surface area is 160 Å². The van der Waals surface area contributed by atoms with Crippen LogP contribution in [0.25, 0.3) is 11.1 Å². The molecule has 4 rings (SSSR count).